The summed E-state index contributed by atoms with van der Waals surface area (Å²) in [6.07, 6.45) is 3.59. The third-order valence-electron chi connectivity index (χ3n) is 6.91. The quantitative estimate of drug-likeness (QED) is 0.737. The maximum Gasteiger partial charge on any atom is 0.264 e. The average molecular weight is 409 g/mol. The summed E-state index contributed by atoms with van der Waals surface area (Å²) in [5.74, 6) is 1.09. The molecule has 0 saturated carbocycles. The molecule has 5 rings (SSSR count). The van der Waals surface area contributed by atoms with Crippen molar-refractivity contribution in [3.8, 4) is 0 Å². The molecular formula is C21H27N7O2. The minimum absolute atomic E-state index is 0.0308. The third kappa shape index (κ3) is 2.84. The van der Waals surface area contributed by atoms with Crippen LogP contribution in [0.2, 0.25) is 0 Å². The molecule has 0 radical (unpaired) electrons. The van der Waals surface area contributed by atoms with Gasteiger partial charge in [0, 0.05) is 43.4 Å². The van der Waals surface area contributed by atoms with Crippen LogP contribution in [0.25, 0.3) is 0 Å². The lowest BCUT2D eigenvalue weighted by Crippen LogP contribution is -2.51. The van der Waals surface area contributed by atoms with Crippen LogP contribution in [0.1, 0.15) is 36.6 Å². The number of aliphatic imine (C=N–C) groups is 1. The standard InChI is InChI=1S/C21H27N7O2/c1-12-18(23)21(11-30-12)4-7-28(8-5-21)20-26-14-10-25-17(16(14)19(29)27(20)2)13-3-6-24-15(22)9-13/h3,6,9,12,18H,4-5,7-8,10-11,23H2,1-2H3,(H2,22,24)/t12-,18+/m0/s1. The number of pyridine rings is 1. The first kappa shape index (κ1) is 19.2. The van der Waals surface area contributed by atoms with E-state index in [9.17, 15) is 4.79 Å². The first-order valence-electron chi connectivity index (χ1n) is 10.4. The molecule has 0 aromatic carbocycles. The van der Waals surface area contributed by atoms with Crippen LogP contribution >= 0.6 is 0 Å². The topological polar surface area (TPSA) is 125 Å². The second-order valence-corrected chi connectivity index (χ2v) is 8.62. The summed E-state index contributed by atoms with van der Waals surface area (Å²) in [7, 11) is 1.78. The Hall–Kier alpha value is -2.78. The molecule has 0 unspecified atom stereocenters. The smallest absolute Gasteiger partial charge is 0.264 e. The number of ether oxygens (including phenoxy) is 1. The monoisotopic (exact) mass is 409 g/mol. The van der Waals surface area contributed by atoms with Crippen LogP contribution in [0.5, 0.6) is 0 Å². The molecule has 0 aliphatic carbocycles. The Morgan fingerprint density at radius 2 is 2.07 bits per heavy atom. The molecule has 4 N–H and O–H groups in total. The molecule has 2 aromatic heterocycles. The summed E-state index contributed by atoms with van der Waals surface area (Å²) in [6, 6.07) is 3.61. The molecule has 9 nitrogen and oxygen atoms in total. The molecule has 2 atom stereocenters. The average Bonchev–Trinajstić information content (AvgIpc) is 3.29. The zero-order chi connectivity index (χ0) is 21.0. The normalized spacial score (nSPS) is 24.9. The molecule has 0 amide bonds. The van der Waals surface area contributed by atoms with Gasteiger partial charge in [-0.25, -0.2) is 9.97 Å². The van der Waals surface area contributed by atoms with Crippen LogP contribution in [0.3, 0.4) is 0 Å². The van der Waals surface area contributed by atoms with E-state index in [1.54, 1.807) is 23.9 Å². The maximum atomic E-state index is 13.3. The predicted molar refractivity (Wildman–Crippen MR) is 115 cm³/mol. The number of nitrogens with two attached hydrogens (primary N) is 2. The number of anilines is 2. The summed E-state index contributed by atoms with van der Waals surface area (Å²) < 4.78 is 7.46. The Kier molecular flexibility index (Phi) is 4.41. The van der Waals surface area contributed by atoms with E-state index in [4.69, 9.17) is 21.2 Å². The van der Waals surface area contributed by atoms with Crippen LogP contribution in [0.4, 0.5) is 11.8 Å². The predicted octanol–water partition coefficient (Wildman–Crippen LogP) is 0.441. The van der Waals surface area contributed by atoms with Crippen LogP contribution in [-0.2, 0) is 18.3 Å². The van der Waals surface area contributed by atoms with Gasteiger partial charge >= 0.3 is 0 Å². The van der Waals surface area contributed by atoms with Gasteiger partial charge in [0.2, 0.25) is 5.95 Å². The maximum absolute atomic E-state index is 13.3. The Morgan fingerprint density at radius 3 is 2.73 bits per heavy atom. The number of nitrogen functional groups attached to an aromatic ring is 1. The number of fused-ring (bicyclic) bond motifs is 1. The Labute approximate surface area is 174 Å². The Balaban J connectivity index is 1.43. The molecule has 158 valence electrons. The zero-order valence-corrected chi connectivity index (χ0v) is 17.3. The summed E-state index contributed by atoms with van der Waals surface area (Å²) in [4.78, 5) is 28.9. The molecule has 9 heteroatoms. The highest BCUT2D eigenvalue weighted by molar-refractivity contribution is 6.14. The second-order valence-electron chi connectivity index (χ2n) is 8.62. The van der Waals surface area contributed by atoms with Crippen molar-refractivity contribution in [2.24, 2.45) is 23.2 Å². The molecule has 2 fully saturated rings. The molecule has 5 heterocycles. The first-order chi connectivity index (χ1) is 14.4. The van der Waals surface area contributed by atoms with Gasteiger partial charge in [-0.2, -0.15) is 0 Å². The van der Waals surface area contributed by atoms with Crippen molar-refractivity contribution in [3.63, 3.8) is 0 Å². The zero-order valence-electron chi connectivity index (χ0n) is 17.3. The van der Waals surface area contributed by atoms with Crippen molar-refractivity contribution in [2.75, 3.05) is 30.3 Å². The molecule has 3 aliphatic heterocycles. The van der Waals surface area contributed by atoms with Gasteiger partial charge in [0.05, 0.1) is 36.2 Å². The summed E-state index contributed by atoms with van der Waals surface area (Å²) in [6.45, 7) is 4.76. The van der Waals surface area contributed by atoms with Crippen molar-refractivity contribution in [3.05, 3.63) is 45.5 Å². The molecule has 3 aliphatic rings. The fourth-order valence-corrected chi connectivity index (χ4v) is 4.96. The Bertz CT molecular complexity index is 1090. The fraction of sp³-hybridized carbons (Fsp3) is 0.524. The summed E-state index contributed by atoms with van der Waals surface area (Å²) >= 11 is 0. The van der Waals surface area contributed by atoms with Gasteiger partial charge in [-0.1, -0.05) is 0 Å². The van der Waals surface area contributed by atoms with Crippen LogP contribution in [0.15, 0.2) is 28.1 Å². The van der Waals surface area contributed by atoms with E-state index in [1.165, 1.54) is 0 Å². The molecule has 2 aromatic rings. The largest absolute Gasteiger partial charge is 0.384 e. The van der Waals surface area contributed by atoms with E-state index in [2.05, 4.69) is 14.9 Å². The number of rotatable bonds is 2. The number of hydrogen-bond donors (Lipinski definition) is 2. The Morgan fingerprint density at radius 1 is 1.30 bits per heavy atom. The van der Waals surface area contributed by atoms with Crippen molar-refractivity contribution in [1.29, 1.82) is 0 Å². The highest BCUT2D eigenvalue weighted by atomic mass is 16.5. The molecule has 0 bridgehead atoms. The molecule has 1 spiro atoms. The molecular weight excluding hydrogens is 382 g/mol. The van der Waals surface area contributed by atoms with E-state index in [-0.39, 0.29) is 23.1 Å². The number of hydrogen-bond acceptors (Lipinski definition) is 8. The first-order valence-corrected chi connectivity index (χ1v) is 10.4. The summed E-state index contributed by atoms with van der Waals surface area (Å²) in [5.41, 5.74) is 14.9. The van der Waals surface area contributed by atoms with Crippen molar-refractivity contribution < 1.29 is 4.74 Å². The van der Waals surface area contributed by atoms with Crippen molar-refractivity contribution in [1.82, 2.24) is 14.5 Å². The van der Waals surface area contributed by atoms with E-state index in [0.29, 0.717) is 41.9 Å². The summed E-state index contributed by atoms with van der Waals surface area (Å²) in [5, 5.41) is 0. The fourth-order valence-electron chi connectivity index (χ4n) is 4.96. The SMILES string of the molecule is C[C@@H]1OCC2(CCN(c3nc4c(c(=O)n3C)C(c3ccnc(N)c3)=NC4)CC2)[C@@H]1N. The minimum Gasteiger partial charge on any atom is -0.384 e. The van der Waals surface area contributed by atoms with Crippen molar-refractivity contribution in [2.45, 2.75) is 38.5 Å². The molecule has 2 saturated heterocycles. The van der Waals surface area contributed by atoms with E-state index >= 15 is 0 Å². The van der Waals surface area contributed by atoms with Crippen LogP contribution in [0, 0.1) is 5.41 Å². The lowest BCUT2D eigenvalue weighted by Gasteiger charge is -2.41. The van der Waals surface area contributed by atoms with Gasteiger partial charge in [0.25, 0.3) is 5.56 Å². The highest BCUT2D eigenvalue weighted by Gasteiger charge is 2.48. The van der Waals surface area contributed by atoms with Gasteiger partial charge in [-0.15, -0.1) is 0 Å². The van der Waals surface area contributed by atoms with Gasteiger partial charge in [0.1, 0.15) is 5.82 Å². The number of nitrogens with zero attached hydrogens (tertiary/aromatic N) is 5. The van der Waals surface area contributed by atoms with Crippen LogP contribution in [-0.4, -0.2) is 52.1 Å². The highest BCUT2D eigenvalue weighted by Crippen LogP contribution is 2.41. The number of aromatic nitrogens is 3. The van der Waals surface area contributed by atoms with E-state index in [1.807, 2.05) is 13.0 Å². The minimum atomic E-state index is -0.0866. The van der Waals surface area contributed by atoms with Crippen LogP contribution < -0.4 is 21.9 Å². The lowest BCUT2D eigenvalue weighted by molar-refractivity contribution is 0.0973. The second kappa shape index (κ2) is 6.88. The van der Waals surface area contributed by atoms with E-state index in [0.717, 1.165) is 31.5 Å². The van der Waals surface area contributed by atoms with Crippen molar-refractivity contribution >= 4 is 17.5 Å². The third-order valence-corrected chi connectivity index (χ3v) is 6.91. The number of piperidine rings is 1. The van der Waals surface area contributed by atoms with Gasteiger partial charge < -0.3 is 21.1 Å². The van der Waals surface area contributed by atoms with E-state index < -0.39 is 0 Å². The molecule has 30 heavy (non-hydrogen) atoms. The van der Waals surface area contributed by atoms with Gasteiger partial charge in [-0.3, -0.25) is 14.4 Å². The lowest BCUT2D eigenvalue weighted by atomic mass is 9.73. The van der Waals surface area contributed by atoms with Gasteiger partial charge in [-0.05, 0) is 31.9 Å². The van der Waals surface area contributed by atoms with Gasteiger partial charge in [0.15, 0.2) is 0 Å².